The fraction of sp³-hybridized carbons (Fsp3) is 0.350. The number of hydrogen-bond acceptors (Lipinski definition) is 6. The van der Waals surface area contributed by atoms with Crippen molar-refractivity contribution >= 4 is 28.7 Å². The third-order valence-corrected chi connectivity index (χ3v) is 5.64. The number of anilines is 1. The van der Waals surface area contributed by atoms with E-state index in [1.807, 2.05) is 36.1 Å². The Kier molecular flexibility index (Phi) is 3.80. The van der Waals surface area contributed by atoms with Crippen molar-refractivity contribution in [2.45, 2.75) is 25.8 Å². The lowest BCUT2D eigenvalue weighted by molar-refractivity contribution is -0.143. The van der Waals surface area contributed by atoms with E-state index in [4.69, 9.17) is 0 Å². The fourth-order valence-electron chi connectivity index (χ4n) is 4.20. The number of H-pyrrole nitrogens is 1. The molecule has 1 aliphatic rings. The van der Waals surface area contributed by atoms with E-state index < -0.39 is 0 Å². The van der Waals surface area contributed by atoms with E-state index in [2.05, 4.69) is 30.2 Å². The lowest BCUT2D eigenvalue weighted by Crippen LogP contribution is -2.52. The number of carbonyl (C=O) groups is 1. The molecule has 1 fully saturated rings. The van der Waals surface area contributed by atoms with Crippen LogP contribution in [-0.4, -0.2) is 60.3 Å². The highest BCUT2D eigenvalue weighted by atomic mass is 16.2. The van der Waals surface area contributed by atoms with Crippen LogP contribution in [-0.2, 0) is 4.79 Å². The topological polar surface area (TPSA) is 104 Å². The molecule has 0 saturated heterocycles. The number of amides is 1. The van der Waals surface area contributed by atoms with Gasteiger partial charge in [0.15, 0.2) is 0 Å². The Morgan fingerprint density at radius 3 is 2.90 bits per heavy atom. The first-order valence-corrected chi connectivity index (χ1v) is 9.54. The van der Waals surface area contributed by atoms with E-state index >= 15 is 0 Å². The number of nitrogens with one attached hydrogen (secondary N) is 2. The van der Waals surface area contributed by atoms with Crippen molar-refractivity contribution in [3.05, 3.63) is 37.2 Å². The zero-order chi connectivity index (χ0) is 20.2. The molecule has 0 radical (unpaired) electrons. The minimum Gasteiger partial charge on any atom is -0.351 e. The van der Waals surface area contributed by atoms with Gasteiger partial charge in [-0.25, -0.2) is 15.0 Å². The third kappa shape index (κ3) is 2.89. The highest BCUT2D eigenvalue weighted by molar-refractivity contribution is 5.93. The zero-order valence-corrected chi connectivity index (χ0v) is 16.5. The molecule has 148 valence electrons. The van der Waals surface area contributed by atoms with Crippen molar-refractivity contribution in [2.75, 3.05) is 19.4 Å². The number of aromatic amines is 1. The summed E-state index contributed by atoms with van der Waals surface area (Å²) in [5.41, 5.74) is 2.41. The monoisotopic (exact) mass is 390 g/mol. The van der Waals surface area contributed by atoms with Gasteiger partial charge in [0.1, 0.15) is 5.65 Å². The molecule has 0 bridgehead atoms. The largest absolute Gasteiger partial charge is 0.351 e. The summed E-state index contributed by atoms with van der Waals surface area (Å²) in [6, 6.07) is 0.198. The first-order valence-electron chi connectivity index (χ1n) is 9.54. The molecule has 4 aromatic heterocycles. The molecule has 0 spiro atoms. The second-order valence-electron chi connectivity index (χ2n) is 8.15. The van der Waals surface area contributed by atoms with Crippen LogP contribution in [0.2, 0.25) is 0 Å². The number of fused-ring (bicyclic) bond motifs is 2. The molecule has 4 heterocycles. The van der Waals surface area contributed by atoms with Crippen LogP contribution in [0.15, 0.2) is 37.2 Å². The van der Waals surface area contributed by atoms with Gasteiger partial charge in [-0.2, -0.15) is 4.98 Å². The number of rotatable bonds is 4. The molecule has 5 rings (SSSR count). The zero-order valence-electron chi connectivity index (χ0n) is 16.5. The van der Waals surface area contributed by atoms with Crippen molar-refractivity contribution in [3.63, 3.8) is 0 Å². The summed E-state index contributed by atoms with van der Waals surface area (Å²) in [4.78, 5) is 34.8. The molecule has 4 aromatic rings. The summed E-state index contributed by atoms with van der Waals surface area (Å²) in [5.74, 6) is 1.40. The van der Waals surface area contributed by atoms with Crippen molar-refractivity contribution in [3.8, 4) is 11.1 Å². The minimum absolute atomic E-state index is 0.171. The van der Waals surface area contributed by atoms with E-state index in [0.717, 1.165) is 35.0 Å². The van der Waals surface area contributed by atoms with E-state index in [1.165, 1.54) is 0 Å². The van der Waals surface area contributed by atoms with Crippen LogP contribution in [0.3, 0.4) is 0 Å². The molecule has 1 saturated carbocycles. The smallest absolute Gasteiger partial charge is 0.233 e. The minimum atomic E-state index is -0.302. The average molecular weight is 390 g/mol. The van der Waals surface area contributed by atoms with Gasteiger partial charge in [-0.05, 0) is 12.8 Å². The maximum Gasteiger partial charge on any atom is 0.233 e. The van der Waals surface area contributed by atoms with Gasteiger partial charge in [0.2, 0.25) is 17.6 Å². The van der Waals surface area contributed by atoms with Crippen LogP contribution in [0.4, 0.5) is 5.95 Å². The fourth-order valence-corrected chi connectivity index (χ4v) is 4.20. The molecule has 0 atom stereocenters. The van der Waals surface area contributed by atoms with Gasteiger partial charge in [0.05, 0.1) is 5.41 Å². The highest BCUT2D eigenvalue weighted by Crippen LogP contribution is 2.43. The summed E-state index contributed by atoms with van der Waals surface area (Å²) >= 11 is 0. The first kappa shape index (κ1) is 17.6. The maximum absolute atomic E-state index is 12.3. The summed E-state index contributed by atoms with van der Waals surface area (Å²) < 4.78 is 1.88. The first-order chi connectivity index (χ1) is 13.9. The number of hydrogen-bond donors (Lipinski definition) is 2. The van der Waals surface area contributed by atoms with Gasteiger partial charge in [0, 0.05) is 73.8 Å². The van der Waals surface area contributed by atoms with Gasteiger partial charge in [0.25, 0.3) is 0 Å². The van der Waals surface area contributed by atoms with E-state index in [0.29, 0.717) is 11.7 Å². The molecule has 9 nitrogen and oxygen atoms in total. The van der Waals surface area contributed by atoms with Gasteiger partial charge in [-0.3, -0.25) is 9.20 Å². The van der Waals surface area contributed by atoms with E-state index in [-0.39, 0.29) is 17.4 Å². The Bertz CT molecular complexity index is 1220. The predicted octanol–water partition coefficient (Wildman–Crippen LogP) is 2.34. The number of nitrogens with zero attached hydrogens (tertiary/aromatic N) is 6. The van der Waals surface area contributed by atoms with Gasteiger partial charge < -0.3 is 15.2 Å². The van der Waals surface area contributed by atoms with Crippen LogP contribution in [0, 0.1) is 5.41 Å². The van der Waals surface area contributed by atoms with Gasteiger partial charge in [-0.15, -0.1) is 0 Å². The second-order valence-corrected chi connectivity index (χ2v) is 8.15. The van der Waals surface area contributed by atoms with Crippen LogP contribution < -0.4 is 5.32 Å². The van der Waals surface area contributed by atoms with E-state index in [1.54, 1.807) is 31.4 Å². The van der Waals surface area contributed by atoms with Crippen molar-refractivity contribution in [1.82, 2.24) is 34.2 Å². The number of aromatic nitrogens is 6. The molecule has 1 aliphatic carbocycles. The predicted molar refractivity (Wildman–Crippen MR) is 109 cm³/mol. The van der Waals surface area contributed by atoms with Crippen LogP contribution >= 0.6 is 0 Å². The molecule has 0 aromatic carbocycles. The standard InChI is InChI=1S/C20H22N8O/c1-20(17(29)27(2)3)6-13(7-20)25-18-23-10-15-14(9-22-16(15)26-18)12-8-24-19-21-4-5-28(19)11-12/h4-5,8-11,13H,6-7H2,1-3H3,(H2,22,23,25,26)/t13-,20-. The summed E-state index contributed by atoms with van der Waals surface area (Å²) in [6.07, 6.45) is 12.7. The molecule has 0 aliphatic heterocycles. The molecule has 29 heavy (non-hydrogen) atoms. The summed E-state index contributed by atoms with van der Waals surface area (Å²) in [6.45, 7) is 2.01. The molecule has 9 heteroatoms. The molecule has 0 unspecified atom stereocenters. The quantitative estimate of drug-likeness (QED) is 0.554. The third-order valence-electron chi connectivity index (χ3n) is 5.64. The average Bonchev–Trinajstić information content (AvgIpc) is 3.31. The van der Waals surface area contributed by atoms with Crippen LogP contribution in [0.5, 0.6) is 0 Å². The Morgan fingerprint density at radius 2 is 2.10 bits per heavy atom. The second kappa shape index (κ2) is 6.26. The molecular formula is C20H22N8O. The molecule has 2 N–H and O–H groups in total. The Balaban J connectivity index is 1.35. The lowest BCUT2D eigenvalue weighted by atomic mass is 9.66. The van der Waals surface area contributed by atoms with Crippen LogP contribution in [0.1, 0.15) is 19.8 Å². The lowest BCUT2D eigenvalue weighted by Gasteiger charge is -2.45. The maximum atomic E-state index is 12.3. The van der Waals surface area contributed by atoms with Crippen molar-refractivity contribution < 1.29 is 4.79 Å². The Morgan fingerprint density at radius 1 is 1.28 bits per heavy atom. The van der Waals surface area contributed by atoms with Gasteiger partial charge in [-0.1, -0.05) is 6.92 Å². The molecular weight excluding hydrogens is 368 g/mol. The van der Waals surface area contributed by atoms with Crippen LogP contribution in [0.25, 0.3) is 27.9 Å². The normalized spacial score (nSPS) is 21.3. The number of imidazole rings is 1. The van der Waals surface area contributed by atoms with Crippen molar-refractivity contribution in [2.24, 2.45) is 5.41 Å². The summed E-state index contributed by atoms with van der Waals surface area (Å²) in [7, 11) is 3.60. The van der Waals surface area contributed by atoms with E-state index in [9.17, 15) is 4.79 Å². The summed E-state index contributed by atoms with van der Waals surface area (Å²) in [5, 5.41) is 4.28. The Labute approximate surface area is 167 Å². The Hall–Kier alpha value is -3.49. The number of carbonyl (C=O) groups excluding carboxylic acids is 1. The van der Waals surface area contributed by atoms with Crippen molar-refractivity contribution in [1.29, 1.82) is 0 Å². The SMILES string of the molecule is CN(C)C(=O)[C@]1(C)C[C@@H](Nc2ncc3c(-c4cnc5nccn5c4)c[nH]c3n2)C1. The van der Waals surface area contributed by atoms with Gasteiger partial charge >= 0.3 is 0 Å². The molecule has 1 amide bonds. The highest BCUT2D eigenvalue weighted by Gasteiger charge is 2.47.